The summed E-state index contributed by atoms with van der Waals surface area (Å²) in [5.41, 5.74) is 7.05. The molecular formula is C11H17N3. The molecule has 1 saturated heterocycles. The van der Waals surface area contributed by atoms with Gasteiger partial charge in [0.05, 0.1) is 0 Å². The van der Waals surface area contributed by atoms with Crippen LogP contribution in [0.5, 0.6) is 0 Å². The predicted octanol–water partition coefficient (Wildman–Crippen LogP) is 1.01. The van der Waals surface area contributed by atoms with E-state index in [1.807, 2.05) is 18.5 Å². The van der Waals surface area contributed by atoms with Gasteiger partial charge in [-0.3, -0.25) is 4.98 Å². The van der Waals surface area contributed by atoms with E-state index in [2.05, 4.69) is 16.4 Å². The van der Waals surface area contributed by atoms with E-state index in [1.165, 1.54) is 18.4 Å². The maximum Gasteiger partial charge on any atom is 0.0462 e. The van der Waals surface area contributed by atoms with Crippen LogP contribution in [0.4, 0.5) is 0 Å². The quantitative estimate of drug-likeness (QED) is 0.749. The van der Waals surface area contributed by atoms with Crippen LogP contribution in [0.2, 0.25) is 0 Å². The van der Waals surface area contributed by atoms with Crippen LogP contribution in [-0.4, -0.2) is 18.1 Å². The van der Waals surface area contributed by atoms with Gasteiger partial charge in [-0.05, 0) is 44.0 Å². The van der Waals surface area contributed by atoms with Crippen LogP contribution >= 0.6 is 0 Å². The minimum absolute atomic E-state index is 0.100. The van der Waals surface area contributed by atoms with Crippen LogP contribution in [0.1, 0.15) is 24.8 Å². The zero-order valence-corrected chi connectivity index (χ0v) is 8.37. The fourth-order valence-electron chi connectivity index (χ4n) is 2.30. The molecular weight excluding hydrogens is 174 g/mol. The van der Waals surface area contributed by atoms with Gasteiger partial charge in [0.1, 0.15) is 0 Å². The van der Waals surface area contributed by atoms with Gasteiger partial charge in [0.25, 0.3) is 0 Å². The molecule has 3 nitrogen and oxygen atoms in total. The van der Waals surface area contributed by atoms with E-state index in [4.69, 9.17) is 5.73 Å². The molecule has 0 aliphatic carbocycles. The Morgan fingerprint density at radius 2 is 2.50 bits per heavy atom. The summed E-state index contributed by atoms with van der Waals surface area (Å²) in [5.74, 6) is 0. The second-order valence-corrected chi connectivity index (χ2v) is 3.89. The molecule has 1 aromatic heterocycles. The third kappa shape index (κ3) is 1.65. The van der Waals surface area contributed by atoms with Gasteiger partial charge in [-0.2, -0.15) is 0 Å². The number of nitrogens with one attached hydrogen (secondary N) is 1. The van der Waals surface area contributed by atoms with Gasteiger partial charge in [0.2, 0.25) is 0 Å². The van der Waals surface area contributed by atoms with Crippen molar-refractivity contribution in [2.24, 2.45) is 5.73 Å². The van der Waals surface area contributed by atoms with Gasteiger partial charge in [-0.25, -0.2) is 0 Å². The van der Waals surface area contributed by atoms with Crippen molar-refractivity contribution < 1.29 is 0 Å². The minimum Gasteiger partial charge on any atom is -0.330 e. The van der Waals surface area contributed by atoms with E-state index < -0.39 is 0 Å². The maximum absolute atomic E-state index is 5.67. The zero-order chi connectivity index (χ0) is 9.86. The first-order valence-electron chi connectivity index (χ1n) is 5.23. The monoisotopic (exact) mass is 191 g/mol. The summed E-state index contributed by atoms with van der Waals surface area (Å²) < 4.78 is 0. The summed E-state index contributed by atoms with van der Waals surface area (Å²) in [4.78, 5) is 4.18. The third-order valence-corrected chi connectivity index (χ3v) is 3.03. The van der Waals surface area contributed by atoms with Crippen molar-refractivity contribution in [2.75, 3.05) is 13.1 Å². The van der Waals surface area contributed by atoms with E-state index in [0.717, 1.165) is 19.5 Å². The van der Waals surface area contributed by atoms with Gasteiger partial charge < -0.3 is 11.1 Å². The van der Waals surface area contributed by atoms with Crippen LogP contribution < -0.4 is 11.1 Å². The second-order valence-electron chi connectivity index (χ2n) is 3.89. The number of hydrogen-bond donors (Lipinski definition) is 2. The fourth-order valence-corrected chi connectivity index (χ4v) is 2.30. The first-order valence-corrected chi connectivity index (χ1v) is 5.23. The molecule has 0 aromatic carbocycles. The van der Waals surface area contributed by atoms with Crippen LogP contribution in [0.25, 0.3) is 0 Å². The van der Waals surface area contributed by atoms with Gasteiger partial charge in [0.15, 0.2) is 0 Å². The summed E-state index contributed by atoms with van der Waals surface area (Å²) in [6.07, 6.45) is 7.17. The van der Waals surface area contributed by atoms with E-state index >= 15 is 0 Å². The normalized spacial score (nSPS) is 26.6. The Morgan fingerprint density at radius 3 is 3.07 bits per heavy atom. The molecule has 1 aromatic rings. The van der Waals surface area contributed by atoms with Gasteiger partial charge in [-0.1, -0.05) is 6.07 Å². The standard InChI is InChI=1S/C11H17N3/c12-6-5-11(4-2-8-14-11)10-3-1-7-13-9-10/h1,3,7,9,14H,2,4-6,8,12H2/t11-/m0/s1. The van der Waals surface area contributed by atoms with Crippen molar-refractivity contribution in [3.63, 3.8) is 0 Å². The van der Waals surface area contributed by atoms with Gasteiger partial charge >= 0.3 is 0 Å². The van der Waals surface area contributed by atoms with Crippen molar-refractivity contribution in [3.05, 3.63) is 30.1 Å². The highest BCUT2D eigenvalue weighted by Crippen LogP contribution is 2.32. The Balaban J connectivity index is 2.27. The fraction of sp³-hybridized carbons (Fsp3) is 0.545. The van der Waals surface area contributed by atoms with E-state index in [-0.39, 0.29) is 5.54 Å². The predicted molar refractivity (Wildman–Crippen MR) is 56.8 cm³/mol. The average molecular weight is 191 g/mol. The molecule has 0 amide bonds. The van der Waals surface area contributed by atoms with E-state index in [0.29, 0.717) is 0 Å². The Hall–Kier alpha value is -0.930. The molecule has 0 radical (unpaired) electrons. The largest absolute Gasteiger partial charge is 0.330 e. The Bertz CT molecular complexity index is 278. The van der Waals surface area contributed by atoms with Crippen LogP contribution in [0.3, 0.4) is 0 Å². The van der Waals surface area contributed by atoms with Crippen molar-refractivity contribution in [3.8, 4) is 0 Å². The van der Waals surface area contributed by atoms with Crippen LogP contribution in [0, 0.1) is 0 Å². The SMILES string of the molecule is NCC[C@]1(c2cccnc2)CCCN1. The highest BCUT2D eigenvalue weighted by atomic mass is 15.0. The van der Waals surface area contributed by atoms with Gasteiger partial charge in [-0.15, -0.1) is 0 Å². The van der Waals surface area contributed by atoms with Crippen LogP contribution in [-0.2, 0) is 5.54 Å². The Kier molecular flexibility index (Phi) is 2.79. The molecule has 0 saturated carbocycles. The molecule has 2 heterocycles. The number of rotatable bonds is 3. The lowest BCUT2D eigenvalue weighted by Gasteiger charge is -2.29. The summed E-state index contributed by atoms with van der Waals surface area (Å²) in [6, 6.07) is 4.13. The number of pyridine rings is 1. The minimum atomic E-state index is 0.100. The smallest absolute Gasteiger partial charge is 0.0462 e. The molecule has 1 aliphatic rings. The van der Waals surface area contributed by atoms with Gasteiger partial charge in [0, 0.05) is 17.9 Å². The molecule has 0 bridgehead atoms. The first-order chi connectivity index (χ1) is 6.87. The summed E-state index contributed by atoms with van der Waals surface area (Å²) in [6.45, 7) is 1.82. The number of nitrogens with two attached hydrogens (primary N) is 1. The number of nitrogens with zero attached hydrogens (tertiary/aromatic N) is 1. The summed E-state index contributed by atoms with van der Waals surface area (Å²) in [7, 11) is 0. The molecule has 3 N–H and O–H groups in total. The lowest BCUT2D eigenvalue weighted by Crippen LogP contribution is -2.38. The Labute approximate surface area is 84.7 Å². The zero-order valence-electron chi connectivity index (χ0n) is 8.37. The molecule has 1 aliphatic heterocycles. The molecule has 14 heavy (non-hydrogen) atoms. The molecule has 3 heteroatoms. The Morgan fingerprint density at radius 1 is 1.57 bits per heavy atom. The molecule has 2 rings (SSSR count). The number of hydrogen-bond acceptors (Lipinski definition) is 3. The second kappa shape index (κ2) is 4.07. The van der Waals surface area contributed by atoms with Crippen molar-refractivity contribution >= 4 is 0 Å². The molecule has 0 unspecified atom stereocenters. The lowest BCUT2D eigenvalue weighted by molar-refractivity contribution is 0.364. The lowest BCUT2D eigenvalue weighted by atomic mass is 9.86. The highest BCUT2D eigenvalue weighted by molar-refractivity contribution is 5.22. The summed E-state index contributed by atoms with van der Waals surface area (Å²) >= 11 is 0. The first kappa shape index (κ1) is 9.62. The molecule has 76 valence electrons. The topological polar surface area (TPSA) is 50.9 Å². The van der Waals surface area contributed by atoms with Crippen LogP contribution in [0.15, 0.2) is 24.5 Å². The van der Waals surface area contributed by atoms with Crippen molar-refractivity contribution in [1.82, 2.24) is 10.3 Å². The molecule has 1 fully saturated rings. The third-order valence-electron chi connectivity index (χ3n) is 3.03. The van der Waals surface area contributed by atoms with Crippen molar-refractivity contribution in [1.29, 1.82) is 0 Å². The maximum atomic E-state index is 5.67. The summed E-state index contributed by atoms with van der Waals surface area (Å²) in [5, 5.41) is 3.57. The number of aromatic nitrogens is 1. The average Bonchev–Trinajstić information content (AvgIpc) is 2.70. The molecule has 0 spiro atoms. The highest BCUT2D eigenvalue weighted by Gasteiger charge is 2.34. The molecule has 1 atom stereocenters. The van der Waals surface area contributed by atoms with Crippen molar-refractivity contribution in [2.45, 2.75) is 24.8 Å². The van der Waals surface area contributed by atoms with E-state index in [9.17, 15) is 0 Å². The van der Waals surface area contributed by atoms with E-state index in [1.54, 1.807) is 0 Å².